The van der Waals surface area contributed by atoms with Crippen molar-refractivity contribution in [1.29, 1.82) is 0 Å². The van der Waals surface area contributed by atoms with Crippen molar-refractivity contribution in [2.75, 3.05) is 14.2 Å². The highest BCUT2D eigenvalue weighted by Gasteiger charge is 2.17. The van der Waals surface area contributed by atoms with E-state index in [-0.39, 0.29) is 30.3 Å². The number of carbonyl (C=O) groups is 1. The summed E-state index contributed by atoms with van der Waals surface area (Å²) < 4.78 is 21.8. The molecule has 0 bridgehead atoms. The minimum Gasteiger partial charge on any atom is -0.494 e. The first-order valence-electron chi connectivity index (χ1n) is 7.96. The van der Waals surface area contributed by atoms with Crippen molar-refractivity contribution in [2.24, 2.45) is 7.05 Å². The Labute approximate surface area is 162 Å². The third kappa shape index (κ3) is 3.70. The van der Waals surface area contributed by atoms with Crippen LogP contribution < -0.4 is 10.3 Å². The monoisotopic (exact) mass is 437 g/mol. The number of rotatable bonds is 5. The van der Waals surface area contributed by atoms with Crippen LogP contribution in [0.25, 0.3) is 11.0 Å². The number of carbonyl (C=O) groups excluding carboxylic acids is 1. The number of hydrogen-bond donors (Lipinski definition) is 0. The van der Waals surface area contributed by atoms with Crippen molar-refractivity contribution in [2.45, 2.75) is 13.1 Å². The van der Waals surface area contributed by atoms with Crippen molar-refractivity contribution in [3.8, 4) is 5.75 Å². The second-order valence-corrected chi connectivity index (χ2v) is 6.76. The number of methoxy groups -OCH3 is 1. The zero-order valence-corrected chi connectivity index (χ0v) is 16.5. The predicted octanol–water partition coefficient (Wildman–Crippen LogP) is 1.70. The van der Waals surface area contributed by atoms with Crippen LogP contribution in [0.5, 0.6) is 5.75 Å². The minimum atomic E-state index is -0.497. The van der Waals surface area contributed by atoms with Gasteiger partial charge in [0.15, 0.2) is 17.2 Å². The van der Waals surface area contributed by atoms with Crippen LogP contribution >= 0.6 is 15.9 Å². The largest absolute Gasteiger partial charge is 0.494 e. The van der Waals surface area contributed by atoms with Gasteiger partial charge in [-0.3, -0.25) is 14.2 Å². The maximum atomic E-state index is 13.8. The Morgan fingerprint density at radius 2 is 2.15 bits per heavy atom. The lowest BCUT2D eigenvalue weighted by Crippen LogP contribution is -2.33. The number of amides is 1. The lowest BCUT2D eigenvalue weighted by Gasteiger charge is -2.18. The summed E-state index contributed by atoms with van der Waals surface area (Å²) in [7, 11) is 4.65. The fraction of sp³-hybridized carbons (Fsp3) is 0.294. The zero-order valence-electron chi connectivity index (χ0n) is 14.9. The molecule has 0 aliphatic rings. The first kappa shape index (κ1) is 19.0. The molecule has 0 spiro atoms. The van der Waals surface area contributed by atoms with Gasteiger partial charge in [-0.2, -0.15) is 5.10 Å². The van der Waals surface area contributed by atoms with E-state index in [1.54, 1.807) is 20.2 Å². The molecule has 27 heavy (non-hydrogen) atoms. The van der Waals surface area contributed by atoms with Gasteiger partial charge in [0, 0.05) is 20.6 Å². The maximum absolute atomic E-state index is 13.8. The molecule has 1 aromatic carbocycles. The molecule has 0 unspecified atom stereocenters. The standard InChI is InChI=1S/C17H17BrFN5O3/c1-22(7-10-4-5-12(27-3)11(19)6-10)13(25)8-24-9-20-16-14(17(24)26)15(18)21-23(16)2/h4-6,9H,7-8H2,1-3H3. The van der Waals surface area contributed by atoms with Crippen LogP contribution in [0, 0.1) is 5.82 Å². The first-order valence-corrected chi connectivity index (χ1v) is 8.75. The molecule has 0 fully saturated rings. The second kappa shape index (κ2) is 7.47. The van der Waals surface area contributed by atoms with Crippen molar-refractivity contribution in [1.82, 2.24) is 24.2 Å². The molecule has 0 aliphatic heterocycles. The Morgan fingerprint density at radius 3 is 2.81 bits per heavy atom. The van der Waals surface area contributed by atoms with E-state index < -0.39 is 5.82 Å². The quantitative estimate of drug-likeness (QED) is 0.606. The summed E-state index contributed by atoms with van der Waals surface area (Å²) in [5, 5.41) is 4.41. The molecule has 0 N–H and O–H groups in total. The highest BCUT2D eigenvalue weighted by atomic mass is 79.9. The molecule has 3 aromatic rings. The van der Waals surface area contributed by atoms with Crippen LogP contribution in [0.1, 0.15) is 5.56 Å². The zero-order chi connectivity index (χ0) is 19.7. The molecule has 1 amide bonds. The van der Waals surface area contributed by atoms with E-state index in [1.807, 2.05) is 0 Å². The van der Waals surface area contributed by atoms with Gasteiger partial charge in [-0.25, -0.2) is 14.1 Å². The SMILES string of the molecule is COc1ccc(CN(C)C(=O)Cn2cnc3c(c(Br)nn3C)c2=O)cc1F. The van der Waals surface area contributed by atoms with Crippen molar-refractivity contribution in [3.63, 3.8) is 0 Å². The molecule has 8 nitrogen and oxygen atoms in total. The average Bonchev–Trinajstić information content (AvgIpc) is 2.91. The van der Waals surface area contributed by atoms with Gasteiger partial charge >= 0.3 is 0 Å². The molecular formula is C17H17BrFN5O3. The summed E-state index contributed by atoms with van der Waals surface area (Å²) in [6.07, 6.45) is 1.32. The number of likely N-dealkylation sites (N-methyl/N-ethyl adjacent to an activating group) is 1. The van der Waals surface area contributed by atoms with Crippen LogP contribution in [0.15, 0.2) is 33.9 Å². The lowest BCUT2D eigenvalue weighted by molar-refractivity contribution is -0.131. The van der Waals surface area contributed by atoms with Crippen LogP contribution in [0.2, 0.25) is 0 Å². The molecule has 0 saturated carbocycles. The highest BCUT2D eigenvalue weighted by molar-refractivity contribution is 9.10. The number of nitrogens with zero attached hydrogens (tertiary/aromatic N) is 5. The average molecular weight is 438 g/mol. The van der Waals surface area contributed by atoms with Crippen LogP contribution in [0.4, 0.5) is 4.39 Å². The van der Waals surface area contributed by atoms with Gasteiger partial charge in [0.2, 0.25) is 5.91 Å². The Balaban J connectivity index is 1.78. The van der Waals surface area contributed by atoms with Crippen LogP contribution in [-0.4, -0.2) is 44.3 Å². The smallest absolute Gasteiger partial charge is 0.266 e. The molecule has 3 rings (SSSR count). The molecule has 2 aromatic heterocycles. The number of halogens is 2. The third-order valence-electron chi connectivity index (χ3n) is 4.14. The fourth-order valence-electron chi connectivity index (χ4n) is 2.68. The van der Waals surface area contributed by atoms with Gasteiger partial charge in [0.25, 0.3) is 5.56 Å². The van der Waals surface area contributed by atoms with Crippen molar-refractivity contribution < 1.29 is 13.9 Å². The number of aromatic nitrogens is 4. The third-order valence-corrected chi connectivity index (χ3v) is 4.69. The molecule has 0 saturated heterocycles. The van der Waals surface area contributed by atoms with E-state index in [4.69, 9.17) is 4.74 Å². The Morgan fingerprint density at radius 1 is 1.41 bits per heavy atom. The Bertz CT molecular complexity index is 1080. The minimum absolute atomic E-state index is 0.140. The summed E-state index contributed by atoms with van der Waals surface area (Å²) in [5.41, 5.74) is 0.676. The van der Waals surface area contributed by atoms with E-state index in [0.29, 0.717) is 21.2 Å². The molecule has 0 radical (unpaired) electrons. The fourth-order valence-corrected chi connectivity index (χ4v) is 3.27. The van der Waals surface area contributed by atoms with E-state index in [0.717, 1.165) is 0 Å². The van der Waals surface area contributed by atoms with Gasteiger partial charge in [-0.1, -0.05) is 6.07 Å². The topological polar surface area (TPSA) is 82.2 Å². The summed E-state index contributed by atoms with van der Waals surface area (Å²) in [6.45, 7) is 0.0129. The summed E-state index contributed by atoms with van der Waals surface area (Å²) in [6, 6.07) is 4.50. The number of fused-ring (bicyclic) bond motifs is 1. The molecular weight excluding hydrogens is 421 g/mol. The van der Waals surface area contributed by atoms with Crippen LogP contribution in [-0.2, 0) is 24.9 Å². The predicted molar refractivity (Wildman–Crippen MR) is 99.9 cm³/mol. The summed E-state index contributed by atoms with van der Waals surface area (Å²) >= 11 is 3.23. The molecule has 0 atom stereocenters. The molecule has 2 heterocycles. The summed E-state index contributed by atoms with van der Waals surface area (Å²) in [5.74, 6) is -0.668. The van der Waals surface area contributed by atoms with Crippen molar-refractivity contribution >= 4 is 32.9 Å². The van der Waals surface area contributed by atoms with Gasteiger partial charge in [-0.05, 0) is 33.6 Å². The Hall–Kier alpha value is -2.75. The second-order valence-electron chi connectivity index (χ2n) is 6.01. The van der Waals surface area contributed by atoms with Gasteiger partial charge in [0.05, 0.1) is 7.11 Å². The number of ether oxygens (including phenoxy) is 1. The summed E-state index contributed by atoms with van der Waals surface area (Å²) in [4.78, 5) is 30.7. The number of aryl methyl sites for hydroxylation is 1. The normalized spacial score (nSPS) is 11.0. The van der Waals surface area contributed by atoms with E-state index in [9.17, 15) is 14.0 Å². The van der Waals surface area contributed by atoms with E-state index in [1.165, 1.54) is 39.7 Å². The van der Waals surface area contributed by atoms with E-state index in [2.05, 4.69) is 26.0 Å². The van der Waals surface area contributed by atoms with Gasteiger partial charge < -0.3 is 9.64 Å². The van der Waals surface area contributed by atoms with Gasteiger partial charge in [0.1, 0.15) is 22.9 Å². The molecule has 10 heteroatoms. The molecule has 0 aliphatic carbocycles. The van der Waals surface area contributed by atoms with E-state index >= 15 is 0 Å². The highest BCUT2D eigenvalue weighted by Crippen LogP contribution is 2.19. The van der Waals surface area contributed by atoms with Crippen LogP contribution in [0.3, 0.4) is 0 Å². The lowest BCUT2D eigenvalue weighted by atomic mass is 10.2. The number of benzene rings is 1. The van der Waals surface area contributed by atoms with Gasteiger partial charge in [-0.15, -0.1) is 0 Å². The van der Waals surface area contributed by atoms with Crippen molar-refractivity contribution in [3.05, 3.63) is 50.9 Å². The first-order chi connectivity index (χ1) is 12.8. The number of hydrogen-bond acceptors (Lipinski definition) is 5. The maximum Gasteiger partial charge on any atom is 0.266 e. The molecule has 142 valence electrons. The Kier molecular flexibility index (Phi) is 5.26.